The number of hydrogen-bond acceptors (Lipinski definition) is 7. The van der Waals surface area contributed by atoms with Crippen LogP contribution in [0.5, 0.6) is 11.5 Å². The Bertz CT molecular complexity index is 1250. The molecule has 8 heteroatoms. The fraction of sp³-hybridized carbons (Fsp3) is 0.136. The van der Waals surface area contributed by atoms with E-state index in [-0.39, 0.29) is 12.5 Å². The zero-order valence-corrected chi connectivity index (χ0v) is 17.1. The number of aromatic nitrogens is 1. The smallest absolute Gasteiger partial charge is 0.336 e. The van der Waals surface area contributed by atoms with Gasteiger partial charge in [0.2, 0.25) is 0 Å². The summed E-state index contributed by atoms with van der Waals surface area (Å²) < 4.78 is 16.3. The highest BCUT2D eigenvalue weighted by atomic mass is 32.1. The molecule has 0 unspecified atom stereocenters. The van der Waals surface area contributed by atoms with Crippen molar-refractivity contribution in [2.45, 2.75) is 6.92 Å². The van der Waals surface area contributed by atoms with E-state index in [0.717, 1.165) is 22.3 Å². The number of rotatable bonds is 6. The molecular weight excluding hydrogens is 404 g/mol. The number of carbonyl (C=O) groups excluding carboxylic acids is 1. The molecule has 0 saturated carbocycles. The van der Waals surface area contributed by atoms with Crippen molar-refractivity contribution >= 4 is 33.3 Å². The largest absolute Gasteiger partial charge is 0.497 e. The minimum Gasteiger partial charge on any atom is -0.497 e. The highest BCUT2D eigenvalue weighted by molar-refractivity contribution is 7.13. The summed E-state index contributed by atoms with van der Waals surface area (Å²) in [4.78, 5) is 28.3. The van der Waals surface area contributed by atoms with Gasteiger partial charge in [-0.05, 0) is 42.3 Å². The molecule has 0 aliphatic rings. The zero-order valence-electron chi connectivity index (χ0n) is 16.3. The van der Waals surface area contributed by atoms with Gasteiger partial charge in [-0.1, -0.05) is 12.1 Å². The van der Waals surface area contributed by atoms with Gasteiger partial charge in [0.25, 0.3) is 5.91 Å². The van der Waals surface area contributed by atoms with Crippen molar-refractivity contribution in [3.8, 4) is 22.6 Å². The van der Waals surface area contributed by atoms with E-state index in [1.54, 1.807) is 31.7 Å². The summed E-state index contributed by atoms with van der Waals surface area (Å²) >= 11 is 1.33. The monoisotopic (exact) mass is 422 g/mol. The lowest BCUT2D eigenvalue weighted by Gasteiger charge is -2.12. The van der Waals surface area contributed by atoms with Crippen LogP contribution in [0.3, 0.4) is 0 Å². The molecule has 2 aromatic carbocycles. The highest BCUT2D eigenvalue weighted by Crippen LogP contribution is 2.33. The van der Waals surface area contributed by atoms with Crippen LogP contribution in [0.1, 0.15) is 5.56 Å². The summed E-state index contributed by atoms with van der Waals surface area (Å²) in [6, 6.07) is 12.5. The molecule has 2 heterocycles. The lowest BCUT2D eigenvalue weighted by Crippen LogP contribution is -2.20. The number of amides is 1. The quantitative estimate of drug-likeness (QED) is 0.467. The van der Waals surface area contributed by atoms with Gasteiger partial charge in [-0.15, -0.1) is 11.3 Å². The van der Waals surface area contributed by atoms with Gasteiger partial charge in [0, 0.05) is 28.6 Å². The predicted molar refractivity (Wildman–Crippen MR) is 115 cm³/mol. The average Bonchev–Trinajstić information content (AvgIpc) is 3.26. The Morgan fingerprint density at radius 3 is 2.70 bits per heavy atom. The summed E-state index contributed by atoms with van der Waals surface area (Å²) in [5.74, 6) is 0.874. The van der Waals surface area contributed by atoms with Crippen LogP contribution in [0.2, 0.25) is 0 Å². The van der Waals surface area contributed by atoms with E-state index in [9.17, 15) is 9.59 Å². The first kappa shape index (κ1) is 19.7. The molecule has 7 nitrogen and oxygen atoms in total. The molecule has 4 rings (SSSR count). The van der Waals surface area contributed by atoms with Crippen molar-refractivity contribution in [2.24, 2.45) is 0 Å². The second-order valence-corrected chi connectivity index (χ2v) is 7.34. The maximum atomic E-state index is 12.2. The molecule has 0 fully saturated rings. The van der Waals surface area contributed by atoms with Crippen LogP contribution < -0.4 is 20.4 Å². The second-order valence-electron chi connectivity index (χ2n) is 6.45. The number of anilines is 1. The van der Waals surface area contributed by atoms with Gasteiger partial charge in [-0.2, -0.15) is 0 Å². The van der Waals surface area contributed by atoms with E-state index < -0.39 is 5.63 Å². The van der Waals surface area contributed by atoms with Crippen LogP contribution >= 0.6 is 11.3 Å². The topological polar surface area (TPSA) is 90.7 Å². The van der Waals surface area contributed by atoms with E-state index in [4.69, 9.17) is 13.9 Å². The number of aryl methyl sites for hydroxylation is 1. The van der Waals surface area contributed by atoms with Crippen molar-refractivity contribution in [2.75, 3.05) is 19.0 Å². The van der Waals surface area contributed by atoms with Crippen LogP contribution in [0.4, 0.5) is 5.13 Å². The van der Waals surface area contributed by atoms with Gasteiger partial charge in [0.1, 0.15) is 17.1 Å². The Morgan fingerprint density at radius 2 is 2.00 bits per heavy atom. The molecule has 0 spiro atoms. The fourth-order valence-electron chi connectivity index (χ4n) is 3.09. The van der Waals surface area contributed by atoms with Crippen LogP contribution in [0, 0.1) is 6.92 Å². The molecule has 1 amide bonds. The summed E-state index contributed by atoms with van der Waals surface area (Å²) in [5, 5.41) is 5.71. The first-order valence-electron chi connectivity index (χ1n) is 9.09. The van der Waals surface area contributed by atoms with Gasteiger partial charge < -0.3 is 13.9 Å². The first-order valence-corrected chi connectivity index (χ1v) is 9.97. The van der Waals surface area contributed by atoms with E-state index in [1.807, 2.05) is 30.3 Å². The van der Waals surface area contributed by atoms with Crippen LogP contribution in [0.15, 0.2) is 63.3 Å². The minimum absolute atomic E-state index is 0.186. The Morgan fingerprint density at radius 1 is 1.20 bits per heavy atom. The number of ether oxygens (including phenoxy) is 2. The molecule has 2 aromatic heterocycles. The summed E-state index contributed by atoms with van der Waals surface area (Å²) in [6.07, 6.45) is 1.61. The fourth-order valence-corrected chi connectivity index (χ4v) is 3.64. The van der Waals surface area contributed by atoms with Crippen LogP contribution in [-0.2, 0) is 4.79 Å². The SMILES string of the molecule is COc1ccc(-c2cc(=O)oc3c(C)c(OCC(=O)Nc4nccs4)ccc23)cc1. The third-order valence-corrected chi connectivity index (χ3v) is 5.24. The Kier molecular flexibility index (Phi) is 5.49. The third-order valence-electron chi connectivity index (χ3n) is 4.55. The normalized spacial score (nSPS) is 10.7. The van der Waals surface area contributed by atoms with Gasteiger partial charge in [-0.25, -0.2) is 9.78 Å². The molecule has 4 aromatic rings. The molecule has 0 radical (unpaired) electrons. The van der Waals surface area contributed by atoms with Gasteiger partial charge in [0.15, 0.2) is 11.7 Å². The number of benzene rings is 2. The highest BCUT2D eigenvalue weighted by Gasteiger charge is 2.14. The van der Waals surface area contributed by atoms with Crippen molar-refractivity contribution in [1.82, 2.24) is 4.98 Å². The van der Waals surface area contributed by atoms with Crippen molar-refractivity contribution < 1.29 is 18.7 Å². The van der Waals surface area contributed by atoms with Gasteiger partial charge in [-0.3, -0.25) is 10.1 Å². The lowest BCUT2D eigenvalue weighted by atomic mass is 10.00. The predicted octanol–water partition coefficient (Wildman–Crippen LogP) is 4.25. The summed E-state index contributed by atoms with van der Waals surface area (Å²) in [5.41, 5.74) is 2.22. The minimum atomic E-state index is -0.463. The number of methoxy groups -OCH3 is 1. The number of nitrogens with one attached hydrogen (secondary N) is 1. The molecule has 0 bridgehead atoms. The average molecular weight is 422 g/mol. The van der Waals surface area contributed by atoms with Crippen LogP contribution in [-0.4, -0.2) is 24.6 Å². The molecule has 0 saturated heterocycles. The Labute approximate surface area is 175 Å². The molecule has 0 aliphatic heterocycles. The number of hydrogen-bond donors (Lipinski definition) is 1. The molecular formula is C22H18N2O5S. The van der Waals surface area contributed by atoms with Crippen LogP contribution in [0.25, 0.3) is 22.1 Å². The maximum absolute atomic E-state index is 12.2. The molecule has 0 atom stereocenters. The van der Waals surface area contributed by atoms with Gasteiger partial charge in [0.05, 0.1) is 7.11 Å². The number of nitrogens with zero attached hydrogens (tertiary/aromatic N) is 1. The maximum Gasteiger partial charge on any atom is 0.336 e. The summed E-state index contributed by atoms with van der Waals surface area (Å²) in [6.45, 7) is 1.60. The van der Waals surface area contributed by atoms with E-state index in [2.05, 4.69) is 10.3 Å². The summed E-state index contributed by atoms with van der Waals surface area (Å²) in [7, 11) is 1.60. The molecule has 30 heavy (non-hydrogen) atoms. The molecule has 0 aliphatic carbocycles. The Hall–Kier alpha value is -3.65. The Balaban J connectivity index is 1.63. The second kappa shape index (κ2) is 8.38. The molecule has 1 N–H and O–H groups in total. The lowest BCUT2D eigenvalue weighted by molar-refractivity contribution is -0.118. The van der Waals surface area contributed by atoms with E-state index >= 15 is 0 Å². The number of carbonyl (C=O) groups is 1. The van der Waals surface area contributed by atoms with E-state index in [0.29, 0.717) is 22.0 Å². The number of thiazole rings is 1. The van der Waals surface area contributed by atoms with Crippen molar-refractivity contribution in [3.05, 3.63) is 70.0 Å². The van der Waals surface area contributed by atoms with Gasteiger partial charge >= 0.3 is 5.63 Å². The third kappa shape index (κ3) is 4.04. The zero-order chi connectivity index (χ0) is 21.1. The standard InChI is InChI=1S/C22H18N2O5S/c1-13-18(28-12-19(25)24-22-23-9-10-30-22)8-7-16-17(11-20(26)29-21(13)16)14-3-5-15(27-2)6-4-14/h3-11H,12H2,1-2H3,(H,23,24,25). The van der Waals surface area contributed by atoms with Crippen molar-refractivity contribution in [3.63, 3.8) is 0 Å². The van der Waals surface area contributed by atoms with E-state index in [1.165, 1.54) is 17.4 Å². The number of fused-ring (bicyclic) bond motifs is 1. The molecule has 152 valence electrons. The first-order chi connectivity index (χ1) is 14.5. The van der Waals surface area contributed by atoms with Crippen molar-refractivity contribution in [1.29, 1.82) is 0 Å².